The van der Waals surface area contributed by atoms with E-state index in [1.165, 1.54) is 21.1 Å². The maximum Gasteiger partial charge on any atom is 0.328 e. The molecular formula is C11H17NO5. The van der Waals surface area contributed by atoms with E-state index in [-0.39, 0.29) is 18.4 Å². The summed E-state index contributed by atoms with van der Waals surface area (Å²) in [6.45, 7) is 4.97. The molecular weight excluding hydrogens is 226 g/mol. The maximum absolute atomic E-state index is 11.4. The van der Waals surface area contributed by atoms with Crippen LogP contribution in [-0.4, -0.2) is 38.1 Å². The Morgan fingerprint density at radius 3 is 2.24 bits per heavy atom. The van der Waals surface area contributed by atoms with Crippen LogP contribution in [0.5, 0.6) is 0 Å². The highest BCUT2D eigenvalue weighted by Crippen LogP contribution is 2.02. The summed E-state index contributed by atoms with van der Waals surface area (Å²) in [6, 6.07) is -0.872. The predicted octanol–water partition coefficient (Wildman–Crippen LogP) is 0.173. The molecule has 0 aromatic carbocycles. The summed E-state index contributed by atoms with van der Waals surface area (Å²) in [5, 5.41) is 2.43. The lowest BCUT2D eigenvalue weighted by Gasteiger charge is -2.15. The molecule has 0 aliphatic heterocycles. The molecule has 6 nitrogen and oxygen atoms in total. The van der Waals surface area contributed by atoms with Gasteiger partial charge in [0, 0.05) is 12.0 Å². The summed E-state index contributed by atoms with van der Waals surface area (Å²) in [5.74, 6) is -1.52. The molecule has 6 heteroatoms. The monoisotopic (exact) mass is 243 g/mol. The molecule has 0 saturated carbocycles. The summed E-state index contributed by atoms with van der Waals surface area (Å²) in [4.78, 5) is 33.6. The van der Waals surface area contributed by atoms with Crippen molar-refractivity contribution in [3.05, 3.63) is 12.2 Å². The lowest BCUT2D eigenvalue weighted by molar-refractivity contribution is -0.146. The highest BCUT2D eigenvalue weighted by Gasteiger charge is 2.22. The largest absolute Gasteiger partial charge is 0.469 e. The highest BCUT2D eigenvalue weighted by atomic mass is 16.5. The zero-order chi connectivity index (χ0) is 13.4. The Labute approximate surface area is 100.0 Å². The quantitative estimate of drug-likeness (QED) is 0.531. The summed E-state index contributed by atoms with van der Waals surface area (Å²) in [6.07, 6.45) is 0.144. The Balaban J connectivity index is 4.44. The summed E-state index contributed by atoms with van der Waals surface area (Å²) < 4.78 is 8.97. The average molecular weight is 243 g/mol. The molecule has 96 valence electrons. The molecule has 1 N–H and O–H groups in total. The lowest BCUT2D eigenvalue weighted by Crippen LogP contribution is -2.42. The second-order valence-electron chi connectivity index (χ2n) is 3.44. The van der Waals surface area contributed by atoms with Gasteiger partial charge in [-0.25, -0.2) is 4.79 Å². The van der Waals surface area contributed by atoms with Gasteiger partial charge in [-0.1, -0.05) is 6.58 Å². The minimum atomic E-state index is -0.872. The number of ether oxygens (including phenoxy) is 2. The molecule has 0 aromatic rings. The number of amides is 1. The molecule has 0 bridgehead atoms. The van der Waals surface area contributed by atoms with E-state index in [0.29, 0.717) is 0 Å². The van der Waals surface area contributed by atoms with Crippen LogP contribution in [0.3, 0.4) is 0 Å². The molecule has 1 amide bonds. The zero-order valence-corrected chi connectivity index (χ0v) is 10.2. The van der Waals surface area contributed by atoms with Gasteiger partial charge in [-0.15, -0.1) is 0 Å². The Morgan fingerprint density at radius 1 is 1.24 bits per heavy atom. The van der Waals surface area contributed by atoms with E-state index in [2.05, 4.69) is 21.4 Å². The molecule has 0 aromatic heterocycles. The van der Waals surface area contributed by atoms with Crippen LogP contribution in [-0.2, 0) is 23.9 Å². The van der Waals surface area contributed by atoms with Crippen molar-refractivity contribution in [2.75, 3.05) is 14.2 Å². The number of carbonyl (C=O) groups is 3. The minimum Gasteiger partial charge on any atom is -0.469 e. The number of hydrogen-bond acceptors (Lipinski definition) is 5. The Bertz CT molecular complexity index is 324. The van der Waals surface area contributed by atoms with Gasteiger partial charge in [0.15, 0.2) is 0 Å². The standard InChI is InChI=1S/C11H17NO5/c1-7(2)10(14)12-8(11(15)17-4)5-6-9(13)16-3/h8H,1,5-6H2,2-4H3,(H,12,14)/t8-/m0/s1. The van der Waals surface area contributed by atoms with Crippen LogP contribution in [0.4, 0.5) is 0 Å². The van der Waals surface area contributed by atoms with Crippen molar-refractivity contribution in [2.45, 2.75) is 25.8 Å². The van der Waals surface area contributed by atoms with E-state index >= 15 is 0 Å². The molecule has 0 radical (unpaired) electrons. The molecule has 1 atom stereocenters. The van der Waals surface area contributed by atoms with E-state index in [1.54, 1.807) is 0 Å². The van der Waals surface area contributed by atoms with Crippen LogP contribution in [0, 0.1) is 0 Å². The normalized spacial score (nSPS) is 11.2. The predicted molar refractivity (Wildman–Crippen MR) is 60.0 cm³/mol. The van der Waals surface area contributed by atoms with Crippen LogP contribution >= 0.6 is 0 Å². The second-order valence-corrected chi connectivity index (χ2v) is 3.44. The third-order valence-electron chi connectivity index (χ3n) is 2.04. The van der Waals surface area contributed by atoms with E-state index in [1.807, 2.05) is 0 Å². The van der Waals surface area contributed by atoms with Gasteiger partial charge in [0.2, 0.25) is 5.91 Å². The van der Waals surface area contributed by atoms with Crippen molar-refractivity contribution in [1.82, 2.24) is 5.32 Å². The molecule has 0 aliphatic rings. The molecule has 17 heavy (non-hydrogen) atoms. The second kappa shape index (κ2) is 7.43. The fourth-order valence-corrected chi connectivity index (χ4v) is 1.04. The van der Waals surface area contributed by atoms with Gasteiger partial charge < -0.3 is 14.8 Å². The van der Waals surface area contributed by atoms with E-state index in [0.717, 1.165) is 0 Å². The third kappa shape index (κ3) is 5.70. The number of esters is 2. The van der Waals surface area contributed by atoms with Crippen LogP contribution < -0.4 is 5.32 Å². The Kier molecular flexibility index (Phi) is 6.62. The van der Waals surface area contributed by atoms with Crippen LogP contribution in [0.2, 0.25) is 0 Å². The number of rotatable bonds is 6. The number of methoxy groups -OCH3 is 2. The van der Waals surface area contributed by atoms with Crippen LogP contribution in [0.15, 0.2) is 12.2 Å². The van der Waals surface area contributed by atoms with E-state index < -0.39 is 23.9 Å². The molecule has 0 heterocycles. The van der Waals surface area contributed by atoms with Crippen LogP contribution in [0.1, 0.15) is 19.8 Å². The van der Waals surface area contributed by atoms with Crippen molar-refractivity contribution < 1.29 is 23.9 Å². The van der Waals surface area contributed by atoms with Gasteiger partial charge in [-0.05, 0) is 13.3 Å². The minimum absolute atomic E-state index is 0.0206. The summed E-state index contributed by atoms with van der Waals surface area (Å²) in [7, 11) is 2.46. The summed E-state index contributed by atoms with van der Waals surface area (Å²) >= 11 is 0. The van der Waals surface area contributed by atoms with Gasteiger partial charge in [-0.2, -0.15) is 0 Å². The van der Waals surface area contributed by atoms with Gasteiger partial charge in [0.1, 0.15) is 6.04 Å². The van der Waals surface area contributed by atoms with Gasteiger partial charge in [-0.3, -0.25) is 9.59 Å². The van der Waals surface area contributed by atoms with Crippen molar-refractivity contribution in [1.29, 1.82) is 0 Å². The van der Waals surface area contributed by atoms with Gasteiger partial charge in [0.05, 0.1) is 14.2 Å². The van der Waals surface area contributed by atoms with Crippen molar-refractivity contribution in [3.8, 4) is 0 Å². The first-order valence-electron chi connectivity index (χ1n) is 5.03. The van der Waals surface area contributed by atoms with E-state index in [9.17, 15) is 14.4 Å². The Morgan fingerprint density at radius 2 is 1.82 bits per heavy atom. The maximum atomic E-state index is 11.4. The molecule has 0 saturated heterocycles. The first-order valence-corrected chi connectivity index (χ1v) is 5.03. The highest BCUT2D eigenvalue weighted by molar-refractivity contribution is 5.95. The van der Waals surface area contributed by atoms with Crippen molar-refractivity contribution in [3.63, 3.8) is 0 Å². The fourth-order valence-electron chi connectivity index (χ4n) is 1.04. The van der Waals surface area contributed by atoms with Gasteiger partial charge >= 0.3 is 11.9 Å². The topological polar surface area (TPSA) is 81.7 Å². The summed E-state index contributed by atoms with van der Waals surface area (Å²) in [5.41, 5.74) is 0.275. The molecule has 0 unspecified atom stereocenters. The SMILES string of the molecule is C=C(C)C(=O)N[C@@H](CCC(=O)OC)C(=O)OC. The molecule has 0 aliphatic carbocycles. The molecule has 0 fully saturated rings. The van der Waals surface area contributed by atoms with Crippen LogP contribution in [0.25, 0.3) is 0 Å². The van der Waals surface area contributed by atoms with Crippen molar-refractivity contribution in [2.24, 2.45) is 0 Å². The van der Waals surface area contributed by atoms with Gasteiger partial charge in [0.25, 0.3) is 0 Å². The van der Waals surface area contributed by atoms with E-state index in [4.69, 9.17) is 0 Å². The fraction of sp³-hybridized carbons (Fsp3) is 0.545. The molecule has 0 rings (SSSR count). The molecule has 0 spiro atoms. The first-order chi connectivity index (χ1) is 7.92. The number of carbonyl (C=O) groups excluding carboxylic acids is 3. The Hall–Kier alpha value is -1.85. The lowest BCUT2D eigenvalue weighted by atomic mass is 10.1. The average Bonchev–Trinajstić information content (AvgIpc) is 2.32. The smallest absolute Gasteiger partial charge is 0.328 e. The zero-order valence-electron chi connectivity index (χ0n) is 10.2. The van der Waals surface area contributed by atoms with Crippen molar-refractivity contribution >= 4 is 17.8 Å². The third-order valence-corrected chi connectivity index (χ3v) is 2.04. The number of hydrogen-bond donors (Lipinski definition) is 1. The first kappa shape index (κ1) is 15.2. The number of nitrogens with one attached hydrogen (secondary N) is 1.